The number of nitrogens with zero attached hydrogens (tertiary/aromatic N) is 1. The van der Waals surface area contributed by atoms with E-state index in [-0.39, 0.29) is 0 Å². The van der Waals surface area contributed by atoms with E-state index in [1.165, 1.54) is 50.2 Å². The molecular weight excluding hydrogens is 252 g/mol. The van der Waals surface area contributed by atoms with Crippen LogP contribution >= 0.6 is 11.3 Å². The van der Waals surface area contributed by atoms with Crippen molar-refractivity contribution in [3.05, 3.63) is 22.4 Å². The molecule has 0 aliphatic carbocycles. The minimum absolute atomic E-state index is 0.557. The highest BCUT2D eigenvalue weighted by Gasteiger charge is 2.22. The number of likely N-dealkylation sites (tertiary alicyclic amines) is 1. The van der Waals surface area contributed by atoms with E-state index in [4.69, 9.17) is 0 Å². The largest absolute Gasteiger partial charge is 0.315 e. The van der Waals surface area contributed by atoms with Crippen molar-refractivity contribution in [2.24, 2.45) is 5.41 Å². The quantitative estimate of drug-likeness (QED) is 0.804. The molecule has 0 amide bonds. The molecule has 1 N–H and O–H groups in total. The lowest BCUT2D eigenvalue weighted by Crippen LogP contribution is -2.33. The first-order valence-corrected chi connectivity index (χ1v) is 8.49. The van der Waals surface area contributed by atoms with Gasteiger partial charge in [-0.2, -0.15) is 0 Å². The van der Waals surface area contributed by atoms with Gasteiger partial charge in [0.15, 0.2) is 0 Å². The fourth-order valence-corrected chi connectivity index (χ4v) is 3.44. The van der Waals surface area contributed by atoms with Gasteiger partial charge in [0.2, 0.25) is 0 Å². The summed E-state index contributed by atoms with van der Waals surface area (Å²) < 4.78 is 0. The third-order valence-corrected chi connectivity index (χ3v) is 5.10. The number of rotatable bonds is 6. The summed E-state index contributed by atoms with van der Waals surface area (Å²) in [6.07, 6.45) is 5.27. The Morgan fingerprint density at radius 1 is 1.26 bits per heavy atom. The van der Waals surface area contributed by atoms with Crippen LogP contribution in [-0.2, 0) is 6.42 Å². The van der Waals surface area contributed by atoms with E-state index in [9.17, 15) is 0 Å². The van der Waals surface area contributed by atoms with Crippen LogP contribution in [0.2, 0.25) is 0 Å². The Kier molecular flexibility index (Phi) is 5.86. The van der Waals surface area contributed by atoms with Crippen molar-refractivity contribution in [3.8, 4) is 0 Å². The Hall–Kier alpha value is -0.380. The summed E-state index contributed by atoms with van der Waals surface area (Å²) in [6.45, 7) is 10.8. The molecule has 0 bridgehead atoms. The number of nitrogens with one attached hydrogen (secondary N) is 1. The molecule has 0 aromatic carbocycles. The van der Waals surface area contributed by atoms with Gasteiger partial charge in [-0.1, -0.05) is 19.9 Å². The maximum Gasteiger partial charge on any atom is 0.0107 e. The van der Waals surface area contributed by atoms with Gasteiger partial charge in [0, 0.05) is 24.5 Å². The van der Waals surface area contributed by atoms with Crippen LogP contribution in [-0.4, -0.2) is 37.6 Å². The molecule has 0 unspecified atom stereocenters. The third-order valence-electron chi connectivity index (χ3n) is 4.17. The second-order valence-corrected chi connectivity index (χ2v) is 7.47. The second kappa shape index (κ2) is 7.41. The monoisotopic (exact) mass is 280 g/mol. The second-order valence-electron chi connectivity index (χ2n) is 6.44. The Balaban J connectivity index is 1.55. The third kappa shape index (κ3) is 5.64. The summed E-state index contributed by atoms with van der Waals surface area (Å²) in [4.78, 5) is 4.12. The molecule has 2 rings (SSSR count). The van der Waals surface area contributed by atoms with Crippen molar-refractivity contribution in [2.45, 2.75) is 39.5 Å². The van der Waals surface area contributed by atoms with Gasteiger partial charge in [0.05, 0.1) is 0 Å². The summed E-state index contributed by atoms with van der Waals surface area (Å²) in [6, 6.07) is 4.36. The molecule has 1 aromatic heterocycles. The highest BCUT2D eigenvalue weighted by atomic mass is 32.1. The normalized spacial score (nSPS) is 20.3. The maximum absolute atomic E-state index is 3.58. The molecule has 1 aliphatic heterocycles. The Bertz CT molecular complexity index is 346. The first-order chi connectivity index (χ1) is 9.16. The van der Waals surface area contributed by atoms with E-state index in [0.717, 1.165) is 13.1 Å². The highest BCUT2D eigenvalue weighted by Crippen LogP contribution is 2.29. The molecule has 108 valence electrons. The van der Waals surface area contributed by atoms with Gasteiger partial charge < -0.3 is 10.2 Å². The average molecular weight is 280 g/mol. The summed E-state index contributed by atoms with van der Waals surface area (Å²) in [7, 11) is 0. The molecule has 0 radical (unpaired) electrons. The van der Waals surface area contributed by atoms with Crippen LogP contribution in [0.25, 0.3) is 0 Å². The Labute approximate surface area is 122 Å². The van der Waals surface area contributed by atoms with E-state index in [1.807, 2.05) is 11.3 Å². The molecule has 1 aliphatic rings. The molecule has 19 heavy (non-hydrogen) atoms. The first kappa shape index (κ1) is 15.0. The molecule has 1 saturated heterocycles. The lowest BCUT2D eigenvalue weighted by Gasteiger charge is -2.23. The van der Waals surface area contributed by atoms with Gasteiger partial charge in [-0.3, -0.25) is 0 Å². The van der Waals surface area contributed by atoms with Gasteiger partial charge in [-0.15, -0.1) is 11.3 Å². The Morgan fingerprint density at radius 3 is 2.95 bits per heavy atom. The fourth-order valence-electron chi connectivity index (χ4n) is 2.73. The molecule has 3 heteroatoms. The van der Waals surface area contributed by atoms with Crippen molar-refractivity contribution in [3.63, 3.8) is 0 Å². The smallest absolute Gasteiger partial charge is 0.0107 e. The molecule has 2 nitrogen and oxygen atoms in total. The predicted octanol–water partition coefficient (Wildman–Crippen LogP) is 3.39. The van der Waals surface area contributed by atoms with Crippen molar-refractivity contribution in [2.75, 3.05) is 32.7 Å². The van der Waals surface area contributed by atoms with E-state index in [0.29, 0.717) is 5.41 Å². The zero-order chi connectivity index (χ0) is 13.6. The van der Waals surface area contributed by atoms with Gasteiger partial charge in [0.1, 0.15) is 0 Å². The lowest BCUT2D eigenvalue weighted by atomic mass is 9.85. The van der Waals surface area contributed by atoms with Crippen molar-refractivity contribution in [1.82, 2.24) is 10.2 Å². The maximum atomic E-state index is 3.58. The topological polar surface area (TPSA) is 15.3 Å². The number of hydrogen-bond donors (Lipinski definition) is 1. The van der Waals surface area contributed by atoms with Crippen LogP contribution in [0.5, 0.6) is 0 Å². The lowest BCUT2D eigenvalue weighted by molar-refractivity contribution is 0.262. The summed E-state index contributed by atoms with van der Waals surface area (Å²) in [5, 5.41) is 5.74. The molecule has 1 fully saturated rings. The van der Waals surface area contributed by atoms with Crippen molar-refractivity contribution >= 4 is 11.3 Å². The standard InChI is InChI=1S/C16H28N2S/c1-16(2)7-4-11-18(12-8-16)13-10-17-9-6-15-5-3-14-19-15/h3,5,14,17H,4,6-13H2,1-2H3. The summed E-state index contributed by atoms with van der Waals surface area (Å²) >= 11 is 1.86. The molecule has 0 spiro atoms. The predicted molar refractivity (Wildman–Crippen MR) is 85.0 cm³/mol. The molecule has 1 aromatic rings. The number of thiophene rings is 1. The van der Waals surface area contributed by atoms with E-state index < -0.39 is 0 Å². The molecule has 2 heterocycles. The van der Waals surface area contributed by atoms with E-state index >= 15 is 0 Å². The average Bonchev–Trinajstić information content (AvgIpc) is 2.81. The SMILES string of the molecule is CC1(C)CCCN(CCNCCc2cccs2)CC1. The van der Waals surface area contributed by atoms with Crippen molar-refractivity contribution in [1.29, 1.82) is 0 Å². The first-order valence-electron chi connectivity index (χ1n) is 7.61. The highest BCUT2D eigenvalue weighted by molar-refractivity contribution is 7.09. The number of hydrogen-bond acceptors (Lipinski definition) is 3. The molecule has 0 atom stereocenters. The molecular formula is C16H28N2S. The van der Waals surface area contributed by atoms with Gasteiger partial charge in [-0.05, 0) is 55.6 Å². The minimum Gasteiger partial charge on any atom is -0.315 e. The van der Waals surface area contributed by atoms with Gasteiger partial charge >= 0.3 is 0 Å². The zero-order valence-electron chi connectivity index (χ0n) is 12.5. The van der Waals surface area contributed by atoms with E-state index in [1.54, 1.807) is 0 Å². The van der Waals surface area contributed by atoms with Crippen LogP contribution in [0.3, 0.4) is 0 Å². The van der Waals surface area contributed by atoms with E-state index in [2.05, 4.69) is 41.6 Å². The fraction of sp³-hybridized carbons (Fsp3) is 0.750. The van der Waals surface area contributed by atoms with Crippen LogP contribution in [0.15, 0.2) is 17.5 Å². The van der Waals surface area contributed by atoms with Crippen LogP contribution < -0.4 is 5.32 Å². The Morgan fingerprint density at radius 2 is 2.16 bits per heavy atom. The van der Waals surface area contributed by atoms with Gasteiger partial charge in [-0.25, -0.2) is 0 Å². The molecule has 0 saturated carbocycles. The van der Waals surface area contributed by atoms with Crippen molar-refractivity contribution < 1.29 is 0 Å². The minimum atomic E-state index is 0.557. The zero-order valence-corrected chi connectivity index (χ0v) is 13.3. The summed E-state index contributed by atoms with van der Waals surface area (Å²) in [5.41, 5.74) is 0.557. The van der Waals surface area contributed by atoms with Crippen LogP contribution in [0, 0.1) is 5.41 Å². The van der Waals surface area contributed by atoms with Gasteiger partial charge in [0.25, 0.3) is 0 Å². The van der Waals surface area contributed by atoms with Crippen LogP contribution in [0.4, 0.5) is 0 Å². The summed E-state index contributed by atoms with van der Waals surface area (Å²) in [5.74, 6) is 0. The van der Waals surface area contributed by atoms with Crippen LogP contribution in [0.1, 0.15) is 38.0 Å².